The van der Waals surface area contributed by atoms with Crippen LogP contribution in [0.25, 0.3) is 0 Å². The van der Waals surface area contributed by atoms with E-state index in [2.05, 4.69) is 27.7 Å². The lowest BCUT2D eigenvalue weighted by molar-refractivity contribution is -0.134. The lowest BCUT2D eigenvalue weighted by atomic mass is 9.66. The van der Waals surface area contributed by atoms with E-state index in [1.807, 2.05) is 0 Å². The summed E-state index contributed by atoms with van der Waals surface area (Å²) in [5.41, 5.74) is 5.63. The summed E-state index contributed by atoms with van der Waals surface area (Å²) in [7, 11) is 0. The molecule has 0 aromatic heterocycles. The van der Waals surface area contributed by atoms with Crippen molar-refractivity contribution >= 4 is 5.78 Å². The van der Waals surface area contributed by atoms with Crippen molar-refractivity contribution < 1.29 is 4.79 Å². The first-order chi connectivity index (χ1) is 8.00. The third-order valence-corrected chi connectivity index (χ3v) is 5.24. The fourth-order valence-corrected chi connectivity index (χ4v) is 3.21. The maximum absolute atomic E-state index is 12.7. The van der Waals surface area contributed by atoms with Crippen LogP contribution in [0, 0.1) is 23.2 Å². The maximum Gasteiger partial charge on any atom is 0.143 e. The zero-order valence-electron chi connectivity index (χ0n) is 12.0. The Balaban J connectivity index is 2.75. The van der Waals surface area contributed by atoms with Gasteiger partial charge in [-0.2, -0.15) is 0 Å². The molecule has 0 saturated heterocycles. The van der Waals surface area contributed by atoms with Crippen molar-refractivity contribution in [2.45, 2.75) is 59.8 Å². The van der Waals surface area contributed by atoms with E-state index in [9.17, 15) is 4.79 Å². The highest BCUT2D eigenvalue weighted by molar-refractivity contribution is 5.87. The van der Waals surface area contributed by atoms with E-state index in [4.69, 9.17) is 5.73 Å². The van der Waals surface area contributed by atoms with Gasteiger partial charge < -0.3 is 5.73 Å². The average Bonchev–Trinajstić information content (AvgIpc) is 2.35. The molecule has 100 valence electrons. The van der Waals surface area contributed by atoms with Crippen LogP contribution in [-0.4, -0.2) is 12.3 Å². The summed E-state index contributed by atoms with van der Waals surface area (Å²) in [4.78, 5) is 12.7. The molecule has 0 amide bonds. The highest BCUT2D eigenvalue weighted by Gasteiger charge is 2.40. The number of hydrogen-bond donors (Lipinski definition) is 1. The fourth-order valence-electron chi connectivity index (χ4n) is 3.21. The predicted octanol–water partition coefficient (Wildman–Crippen LogP) is 3.39. The highest BCUT2D eigenvalue weighted by Crippen LogP contribution is 2.39. The van der Waals surface area contributed by atoms with Crippen LogP contribution in [0.4, 0.5) is 0 Å². The smallest absolute Gasteiger partial charge is 0.143 e. The monoisotopic (exact) mass is 239 g/mol. The van der Waals surface area contributed by atoms with Crippen LogP contribution >= 0.6 is 0 Å². The number of Topliss-reactive ketones (excluding diaryl/α,β-unsaturated/α-hetero) is 1. The molecule has 0 aromatic rings. The van der Waals surface area contributed by atoms with Gasteiger partial charge in [-0.1, -0.05) is 27.7 Å². The zero-order chi connectivity index (χ0) is 13.1. The SMILES string of the molecule is CCC(CC)(CN)C(=O)C1CCC(C)C(C)C1. The molecule has 0 aromatic carbocycles. The summed E-state index contributed by atoms with van der Waals surface area (Å²) < 4.78 is 0. The van der Waals surface area contributed by atoms with Crippen molar-refractivity contribution in [3.63, 3.8) is 0 Å². The number of rotatable bonds is 5. The lowest BCUT2D eigenvalue weighted by Gasteiger charge is -2.37. The van der Waals surface area contributed by atoms with Crippen LogP contribution in [0.2, 0.25) is 0 Å². The minimum Gasteiger partial charge on any atom is -0.329 e. The molecule has 2 N–H and O–H groups in total. The van der Waals surface area contributed by atoms with E-state index in [0.29, 0.717) is 18.2 Å². The second kappa shape index (κ2) is 5.99. The topological polar surface area (TPSA) is 43.1 Å². The molecule has 3 atom stereocenters. The standard InChI is InChI=1S/C15H29NO/c1-5-15(6-2,10-16)14(17)13-8-7-11(3)12(4)9-13/h11-13H,5-10,16H2,1-4H3. The van der Waals surface area contributed by atoms with Gasteiger partial charge >= 0.3 is 0 Å². The Morgan fingerprint density at radius 1 is 1.18 bits per heavy atom. The van der Waals surface area contributed by atoms with Crippen molar-refractivity contribution in [3.05, 3.63) is 0 Å². The van der Waals surface area contributed by atoms with E-state index in [0.717, 1.165) is 31.6 Å². The van der Waals surface area contributed by atoms with Crippen molar-refractivity contribution in [1.82, 2.24) is 0 Å². The van der Waals surface area contributed by atoms with Crippen molar-refractivity contribution in [2.75, 3.05) is 6.54 Å². The Bertz CT molecular complexity index is 249. The van der Waals surface area contributed by atoms with Gasteiger partial charge in [0.15, 0.2) is 0 Å². The Morgan fingerprint density at radius 3 is 2.18 bits per heavy atom. The van der Waals surface area contributed by atoms with Crippen LogP contribution in [-0.2, 0) is 4.79 Å². The van der Waals surface area contributed by atoms with Crippen molar-refractivity contribution in [2.24, 2.45) is 28.9 Å². The van der Waals surface area contributed by atoms with Gasteiger partial charge in [-0.3, -0.25) is 4.79 Å². The van der Waals surface area contributed by atoms with Gasteiger partial charge in [0.1, 0.15) is 5.78 Å². The van der Waals surface area contributed by atoms with E-state index >= 15 is 0 Å². The normalized spacial score (nSPS) is 30.3. The van der Waals surface area contributed by atoms with Crippen molar-refractivity contribution in [3.8, 4) is 0 Å². The second-order valence-electron chi connectivity index (χ2n) is 6.02. The van der Waals surface area contributed by atoms with Gasteiger partial charge in [-0.15, -0.1) is 0 Å². The third-order valence-electron chi connectivity index (χ3n) is 5.24. The molecule has 0 aliphatic heterocycles. The van der Waals surface area contributed by atoms with Crippen LogP contribution in [0.1, 0.15) is 59.8 Å². The highest BCUT2D eigenvalue weighted by atomic mass is 16.1. The van der Waals surface area contributed by atoms with E-state index in [1.54, 1.807) is 0 Å². The number of nitrogens with two attached hydrogens (primary N) is 1. The van der Waals surface area contributed by atoms with Crippen molar-refractivity contribution in [1.29, 1.82) is 0 Å². The molecule has 1 fully saturated rings. The van der Waals surface area contributed by atoms with E-state index in [1.165, 1.54) is 6.42 Å². The lowest BCUT2D eigenvalue weighted by Crippen LogP contribution is -2.43. The summed E-state index contributed by atoms with van der Waals surface area (Å²) in [6, 6.07) is 0. The first-order valence-corrected chi connectivity index (χ1v) is 7.25. The molecule has 0 heterocycles. The molecule has 17 heavy (non-hydrogen) atoms. The molecule has 0 bridgehead atoms. The van der Waals surface area contributed by atoms with Crippen LogP contribution in [0.5, 0.6) is 0 Å². The summed E-state index contributed by atoms with van der Waals surface area (Å²) in [5, 5.41) is 0. The first-order valence-electron chi connectivity index (χ1n) is 7.25. The quantitative estimate of drug-likeness (QED) is 0.799. The molecule has 0 radical (unpaired) electrons. The Labute approximate surface area is 106 Å². The fraction of sp³-hybridized carbons (Fsp3) is 0.933. The number of carbonyl (C=O) groups is 1. The number of ketones is 1. The van der Waals surface area contributed by atoms with Crippen LogP contribution in [0.3, 0.4) is 0 Å². The molecule has 3 unspecified atom stereocenters. The summed E-state index contributed by atoms with van der Waals surface area (Å²) >= 11 is 0. The molecule has 2 nitrogen and oxygen atoms in total. The largest absolute Gasteiger partial charge is 0.329 e. The van der Waals surface area contributed by atoms with Gasteiger partial charge in [0.2, 0.25) is 0 Å². The first kappa shape index (κ1) is 14.7. The molecular weight excluding hydrogens is 210 g/mol. The Kier molecular flexibility index (Phi) is 5.18. The Hall–Kier alpha value is -0.370. The molecule has 1 aliphatic carbocycles. The third kappa shape index (κ3) is 2.90. The van der Waals surface area contributed by atoms with Gasteiger partial charge in [0.25, 0.3) is 0 Å². The van der Waals surface area contributed by atoms with Gasteiger partial charge in [0, 0.05) is 17.9 Å². The molecule has 0 spiro atoms. The second-order valence-corrected chi connectivity index (χ2v) is 6.02. The van der Waals surface area contributed by atoms with Gasteiger partial charge in [0.05, 0.1) is 0 Å². The van der Waals surface area contributed by atoms with E-state index in [-0.39, 0.29) is 11.3 Å². The van der Waals surface area contributed by atoms with Crippen LogP contribution < -0.4 is 5.73 Å². The zero-order valence-corrected chi connectivity index (χ0v) is 12.0. The maximum atomic E-state index is 12.7. The molecule has 1 saturated carbocycles. The minimum atomic E-state index is -0.245. The minimum absolute atomic E-state index is 0.245. The summed E-state index contributed by atoms with van der Waals surface area (Å²) in [6.45, 7) is 9.30. The van der Waals surface area contributed by atoms with Crippen LogP contribution in [0.15, 0.2) is 0 Å². The molecule has 1 rings (SSSR count). The summed E-state index contributed by atoms with van der Waals surface area (Å²) in [5.74, 6) is 2.17. The molecule has 1 aliphatic rings. The van der Waals surface area contributed by atoms with Gasteiger partial charge in [-0.25, -0.2) is 0 Å². The van der Waals surface area contributed by atoms with E-state index < -0.39 is 0 Å². The Morgan fingerprint density at radius 2 is 1.76 bits per heavy atom. The predicted molar refractivity (Wildman–Crippen MR) is 72.7 cm³/mol. The average molecular weight is 239 g/mol. The summed E-state index contributed by atoms with van der Waals surface area (Å²) in [6.07, 6.45) is 5.12. The molecular formula is C15H29NO. The number of hydrogen-bond acceptors (Lipinski definition) is 2. The number of carbonyl (C=O) groups excluding carboxylic acids is 1. The molecule has 2 heteroatoms. The van der Waals surface area contributed by atoms with Gasteiger partial charge in [-0.05, 0) is 43.9 Å².